The van der Waals surface area contributed by atoms with Gasteiger partial charge in [0.25, 0.3) is 5.56 Å². The van der Waals surface area contributed by atoms with Crippen LogP contribution in [0.15, 0.2) is 41.2 Å². The minimum absolute atomic E-state index is 0.232. The molecule has 25 heavy (non-hydrogen) atoms. The lowest BCUT2D eigenvalue weighted by Crippen LogP contribution is -2.30. The van der Waals surface area contributed by atoms with E-state index >= 15 is 0 Å². The SMILES string of the molecule is Cc1nn(CC(=O)Nc2cc(Cl)c(N)c(Cl)c2)c(=O)c2ccccc12. The minimum atomic E-state index is -0.429. The maximum absolute atomic E-state index is 12.5. The highest BCUT2D eigenvalue weighted by Crippen LogP contribution is 2.31. The number of nitrogens with zero attached hydrogens (tertiary/aromatic N) is 2. The van der Waals surface area contributed by atoms with E-state index in [9.17, 15) is 9.59 Å². The topological polar surface area (TPSA) is 90.0 Å². The van der Waals surface area contributed by atoms with Crippen LogP contribution in [0.4, 0.5) is 11.4 Å². The summed E-state index contributed by atoms with van der Waals surface area (Å²) in [7, 11) is 0. The number of nitrogens with two attached hydrogens (primary N) is 1. The summed E-state index contributed by atoms with van der Waals surface area (Å²) in [4.78, 5) is 24.7. The van der Waals surface area contributed by atoms with Crippen molar-refractivity contribution in [1.29, 1.82) is 0 Å². The molecule has 0 bridgehead atoms. The molecular weight excluding hydrogens is 363 g/mol. The van der Waals surface area contributed by atoms with Gasteiger partial charge in [0.1, 0.15) is 6.54 Å². The molecule has 8 heteroatoms. The fourth-order valence-corrected chi connectivity index (χ4v) is 2.99. The second-order valence-corrected chi connectivity index (χ2v) is 6.31. The number of carbonyl (C=O) groups excluding carboxylic acids is 1. The van der Waals surface area contributed by atoms with Gasteiger partial charge < -0.3 is 11.1 Å². The number of anilines is 2. The number of amides is 1. The normalized spacial score (nSPS) is 10.8. The lowest BCUT2D eigenvalue weighted by molar-refractivity contribution is -0.117. The largest absolute Gasteiger partial charge is 0.396 e. The van der Waals surface area contributed by atoms with Crippen molar-refractivity contribution in [2.24, 2.45) is 0 Å². The molecule has 0 saturated carbocycles. The molecule has 3 N–H and O–H groups in total. The molecular formula is C17H14Cl2N4O2. The van der Waals surface area contributed by atoms with Gasteiger partial charge in [0.05, 0.1) is 26.8 Å². The Hall–Kier alpha value is -2.57. The maximum atomic E-state index is 12.5. The molecule has 0 fully saturated rings. The third kappa shape index (κ3) is 3.45. The number of aryl methyl sites for hydroxylation is 1. The van der Waals surface area contributed by atoms with Crippen LogP contribution in [0.25, 0.3) is 10.8 Å². The van der Waals surface area contributed by atoms with Crippen LogP contribution in [-0.2, 0) is 11.3 Å². The van der Waals surface area contributed by atoms with Crippen LogP contribution in [0.5, 0.6) is 0 Å². The predicted molar refractivity (Wildman–Crippen MR) is 100 cm³/mol. The first-order chi connectivity index (χ1) is 11.9. The number of benzene rings is 2. The van der Waals surface area contributed by atoms with Crippen LogP contribution in [0.1, 0.15) is 5.69 Å². The van der Waals surface area contributed by atoms with Gasteiger partial charge in [-0.2, -0.15) is 5.10 Å². The van der Waals surface area contributed by atoms with E-state index in [2.05, 4.69) is 10.4 Å². The zero-order chi connectivity index (χ0) is 18.1. The fraction of sp³-hybridized carbons (Fsp3) is 0.118. The highest BCUT2D eigenvalue weighted by atomic mass is 35.5. The zero-order valence-corrected chi connectivity index (χ0v) is 14.7. The third-order valence-electron chi connectivity index (χ3n) is 3.71. The number of nitrogen functional groups attached to an aromatic ring is 1. The van der Waals surface area contributed by atoms with Gasteiger partial charge in [-0.05, 0) is 25.1 Å². The summed E-state index contributed by atoms with van der Waals surface area (Å²) in [6.07, 6.45) is 0. The Balaban J connectivity index is 1.88. The highest BCUT2D eigenvalue weighted by molar-refractivity contribution is 6.39. The van der Waals surface area contributed by atoms with E-state index in [1.807, 2.05) is 12.1 Å². The van der Waals surface area contributed by atoms with E-state index in [0.29, 0.717) is 16.8 Å². The maximum Gasteiger partial charge on any atom is 0.275 e. The van der Waals surface area contributed by atoms with E-state index in [4.69, 9.17) is 28.9 Å². The van der Waals surface area contributed by atoms with Crippen LogP contribution in [0.3, 0.4) is 0 Å². The molecule has 0 atom stereocenters. The van der Waals surface area contributed by atoms with Crippen LogP contribution >= 0.6 is 23.2 Å². The monoisotopic (exact) mass is 376 g/mol. The summed E-state index contributed by atoms with van der Waals surface area (Å²) in [6, 6.07) is 10.1. The molecule has 0 aliphatic heterocycles. The first-order valence-electron chi connectivity index (χ1n) is 7.37. The van der Waals surface area contributed by atoms with E-state index in [-0.39, 0.29) is 27.8 Å². The third-order valence-corrected chi connectivity index (χ3v) is 4.33. The van der Waals surface area contributed by atoms with Crippen LogP contribution in [-0.4, -0.2) is 15.7 Å². The summed E-state index contributed by atoms with van der Waals surface area (Å²) in [5, 5.41) is 8.59. The summed E-state index contributed by atoms with van der Waals surface area (Å²) in [6.45, 7) is 1.56. The lowest BCUT2D eigenvalue weighted by atomic mass is 10.1. The number of aromatic nitrogens is 2. The predicted octanol–water partition coefficient (Wildman–Crippen LogP) is 3.23. The smallest absolute Gasteiger partial charge is 0.275 e. The van der Waals surface area contributed by atoms with Gasteiger partial charge in [-0.3, -0.25) is 9.59 Å². The van der Waals surface area contributed by atoms with Gasteiger partial charge in [0.2, 0.25) is 5.91 Å². The van der Waals surface area contributed by atoms with Gasteiger partial charge in [0, 0.05) is 11.1 Å². The first kappa shape index (κ1) is 17.3. The molecule has 0 unspecified atom stereocenters. The molecule has 3 aromatic rings. The number of hydrogen-bond donors (Lipinski definition) is 2. The van der Waals surface area contributed by atoms with Gasteiger partial charge in [-0.25, -0.2) is 4.68 Å². The van der Waals surface area contributed by atoms with Crippen molar-refractivity contribution < 1.29 is 4.79 Å². The van der Waals surface area contributed by atoms with Crippen molar-refractivity contribution in [2.75, 3.05) is 11.1 Å². The zero-order valence-electron chi connectivity index (χ0n) is 13.2. The second kappa shape index (κ2) is 6.74. The molecule has 0 spiro atoms. The standard InChI is InChI=1S/C17H14Cl2N4O2/c1-9-11-4-2-3-5-12(11)17(25)23(22-9)8-15(24)21-10-6-13(18)16(20)14(19)7-10/h2-7H,8,20H2,1H3,(H,21,24). The Morgan fingerprint density at radius 3 is 2.44 bits per heavy atom. The molecule has 0 saturated heterocycles. The molecule has 0 aliphatic rings. The minimum Gasteiger partial charge on any atom is -0.396 e. The Kier molecular flexibility index (Phi) is 4.65. The van der Waals surface area contributed by atoms with E-state index < -0.39 is 5.91 Å². The van der Waals surface area contributed by atoms with Crippen molar-refractivity contribution in [2.45, 2.75) is 13.5 Å². The van der Waals surface area contributed by atoms with Crippen molar-refractivity contribution in [3.8, 4) is 0 Å². The van der Waals surface area contributed by atoms with Crippen LogP contribution in [0.2, 0.25) is 10.0 Å². The highest BCUT2D eigenvalue weighted by Gasteiger charge is 2.12. The first-order valence-corrected chi connectivity index (χ1v) is 8.13. The van der Waals surface area contributed by atoms with E-state index in [1.165, 1.54) is 12.1 Å². The summed E-state index contributed by atoms with van der Waals surface area (Å²) in [5.74, 6) is -0.429. The Morgan fingerprint density at radius 2 is 1.80 bits per heavy atom. The molecule has 1 heterocycles. The average molecular weight is 377 g/mol. The van der Waals surface area contributed by atoms with Gasteiger partial charge in [-0.1, -0.05) is 41.4 Å². The molecule has 1 aromatic heterocycles. The fourth-order valence-electron chi connectivity index (χ4n) is 2.50. The van der Waals surface area contributed by atoms with Crippen molar-refractivity contribution >= 4 is 51.3 Å². The second-order valence-electron chi connectivity index (χ2n) is 5.50. The number of carbonyl (C=O) groups is 1. The van der Waals surface area contributed by atoms with Crippen molar-refractivity contribution in [3.05, 3.63) is 62.5 Å². The Morgan fingerprint density at radius 1 is 1.20 bits per heavy atom. The number of rotatable bonds is 3. The molecule has 128 valence electrons. The summed E-state index contributed by atoms with van der Waals surface area (Å²) < 4.78 is 1.13. The summed E-state index contributed by atoms with van der Waals surface area (Å²) in [5.41, 5.74) is 6.63. The molecule has 0 radical (unpaired) electrons. The van der Waals surface area contributed by atoms with Gasteiger partial charge in [0.15, 0.2) is 0 Å². The summed E-state index contributed by atoms with van der Waals surface area (Å²) >= 11 is 11.9. The molecule has 1 amide bonds. The molecule has 0 aliphatic carbocycles. The van der Waals surface area contributed by atoms with Gasteiger partial charge in [-0.15, -0.1) is 0 Å². The van der Waals surface area contributed by atoms with Gasteiger partial charge >= 0.3 is 0 Å². The number of fused-ring (bicyclic) bond motifs is 1. The molecule has 3 rings (SSSR count). The lowest BCUT2D eigenvalue weighted by Gasteiger charge is -2.10. The Bertz CT molecular complexity index is 1020. The van der Waals surface area contributed by atoms with Crippen molar-refractivity contribution in [1.82, 2.24) is 9.78 Å². The Labute approximate surface area is 153 Å². The molecule has 6 nitrogen and oxygen atoms in total. The molecule has 2 aromatic carbocycles. The van der Waals surface area contributed by atoms with Crippen LogP contribution in [0, 0.1) is 6.92 Å². The number of nitrogens with one attached hydrogen (secondary N) is 1. The number of halogens is 2. The average Bonchev–Trinajstić information content (AvgIpc) is 2.57. The van der Waals surface area contributed by atoms with Crippen molar-refractivity contribution in [3.63, 3.8) is 0 Å². The van der Waals surface area contributed by atoms with E-state index in [0.717, 1.165) is 10.1 Å². The quantitative estimate of drug-likeness (QED) is 0.686. The van der Waals surface area contributed by atoms with Crippen LogP contribution < -0.4 is 16.6 Å². The number of hydrogen-bond acceptors (Lipinski definition) is 4. The van der Waals surface area contributed by atoms with E-state index in [1.54, 1.807) is 19.1 Å².